The number of H-pyrrole nitrogens is 1. The first kappa shape index (κ1) is 13.1. The molecule has 0 saturated carbocycles. The maximum absolute atomic E-state index is 12.3. The molecule has 0 amide bonds. The van der Waals surface area contributed by atoms with Crippen LogP contribution in [0.5, 0.6) is 0 Å². The van der Waals surface area contributed by atoms with Gasteiger partial charge < -0.3 is 10.1 Å². The van der Waals surface area contributed by atoms with E-state index in [2.05, 4.69) is 9.97 Å². The third kappa shape index (κ3) is 2.67. The summed E-state index contributed by atoms with van der Waals surface area (Å²) in [5.74, 6) is -0.829. The number of carbonyl (C=O) groups is 2. The minimum atomic E-state index is -0.894. The fourth-order valence-electron chi connectivity index (χ4n) is 2.18. The molecule has 2 N–H and O–H groups in total. The van der Waals surface area contributed by atoms with Gasteiger partial charge in [0.15, 0.2) is 5.82 Å². The highest BCUT2D eigenvalue weighted by Gasteiger charge is 2.14. The number of imidazole rings is 1. The first-order chi connectivity index (χ1) is 10.1. The SMILES string of the molecule is O=C(O)Cc1ccc2nc(C(=O)c3ccccc3)[nH]c2c1. The normalized spacial score (nSPS) is 10.7. The molecule has 21 heavy (non-hydrogen) atoms. The number of hydrogen-bond acceptors (Lipinski definition) is 3. The lowest BCUT2D eigenvalue weighted by Crippen LogP contribution is -2.02. The summed E-state index contributed by atoms with van der Waals surface area (Å²) >= 11 is 0. The lowest BCUT2D eigenvalue weighted by molar-refractivity contribution is -0.136. The fraction of sp³-hybridized carbons (Fsp3) is 0.0625. The van der Waals surface area contributed by atoms with Gasteiger partial charge in [-0.05, 0) is 17.7 Å². The molecule has 0 saturated heterocycles. The van der Waals surface area contributed by atoms with Gasteiger partial charge in [0.1, 0.15) is 0 Å². The van der Waals surface area contributed by atoms with Crippen molar-refractivity contribution in [3.63, 3.8) is 0 Å². The van der Waals surface area contributed by atoms with Gasteiger partial charge in [-0.2, -0.15) is 0 Å². The third-order valence-corrected chi connectivity index (χ3v) is 3.15. The number of aromatic amines is 1. The van der Waals surface area contributed by atoms with E-state index in [1.54, 1.807) is 42.5 Å². The number of carbonyl (C=O) groups excluding carboxylic acids is 1. The van der Waals surface area contributed by atoms with E-state index in [4.69, 9.17) is 5.11 Å². The molecule has 0 spiro atoms. The first-order valence-corrected chi connectivity index (χ1v) is 6.43. The summed E-state index contributed by atoms with van der Waals surface area (Å²) in [4.78, 5) is 30.2. The number of carboxylic acids is 1. The number of nitrogens with one attached hydrogen (secondary N) is 1. The molecule has 2 aromatic carbocycles. The van der Waals surface area contributed by atoms with E-state index in [1.165, 1.54) is 0 Å². The summed E-state index contributed by atoms with van der Waals surface area (Å²) in [6, 6.07) is 14.0. The summed E-state index contributed by atoms with van der Waals surface area (Å²) in [6.07, 6.45) is -0.0586. The Hall–Kier alpha value is -2.95. The maximum atomic E-state index is 12.3. The number of nitrogens with zero attached hydrogens (tertiary/aromatic N) is 1. The predicted molar refractivity (Wildman–Crippen MR) is 77.3 cm³/mol. The highest BCUT2D eigenvalue weighted by molar-refractivity contribution is 6.07. The van der Waals surface area contributed by atoms with E-state index in [9.17, 15) is 9.59 Å². The molecule has 0 aliphatic carbocycles. The Morgan fingerprint density at radius 2 is 1.86 bits per heavy atom. The van der Waals surface area contributed by atoms with E-state index in [0.29, 0.717) is 22.2 Å². The minimum absolute atomic E-state index is 0.0586. The Kier molecular flexibility index (Phi) is 3.23. The average Bonchev–Trinajstić information content (AvgIpc) is 2.90. The number of fused-ring (bicyclic) bond motifs is 1. The van der Waals surface area contributed by atoms with E-state index >= 15 is 0 Å². The molecule has 104 valence electrons. The van der Waals surface area contributed by atoms with Crippen molar-refractivity contribution in [2.24, 2.45) is 0 Å². The van der Waals surface area contributed by atoms with Crippen LogP contribution in [0.3, 0.4) is 0 Å². The van der Waals surface area contributed by atoms with Gasteiger partial charge >= 0.3 is 5.97 Å². The number of aliphatic carboxylic acids is 1. The maximum Gasteiger partial charge on any atom is 0.307 e. The van der Waals surface area contributed by atoms with Gasteiger partial charge in [-0.3, -0.25) is 9.59 Å². The zero-order valence-corrected chi connectivity index (χ0v) is 11.0. The second kappa shape index (κ2) is 5.20. The van der Waals surface area contributed by atoms with E-state index in [0.717, 1.165) is 0 Å². The molecule has 3 aromatic rings. The van der Waals surface area contributed by atoms with Gasteiger partial charge in [0.25, 0.3) is 0 Å². The molecule has 0 atom stereocenters. The quantitative estimate of drug-likeness (QED) is 0.719. The molecule has 0 aliphatic rings. The molecule has 1 aromatic heterocycles. The standard InChI is InChI=1S/C16H12N2O3/c19-14(20)9-10-6-7-12-13(8-10)18-16(17-12)15(21)11-4-2-1-3-5-11/h1-8H,9H2,(H,17,18)(H,19,20). The summed E-state index contributed by atoms with van der Waals surface area (Å²) in [5, 5.41) is 8.80. The second-order valence-electron chi connectivity index (χ2n) is 4.70. The largest absolute Gasteiger partial charge is 0.481 e. The van der Waals surface area contributed by atoms with Gasteiger partial charge in [0.2, 0.25) is 5.78 Å². The minimum Gasteiger partial charge on any atom is -0.481 e. The van der Waals surface area contributed by atoms with Crippen molar-refractivity contribution in [1.82, 2.24) is 9.97 Å². The van der Waals surface area contributed by atoms with E-state index in [1.807, 2.05) is 6.07 Å². The van der Waals surface area contributed by atoms with Crippen LogP contribution in [-0.4, -0.2) is 26.8 Å². The lowest BCUT2D eigenvalue weighted by Gasteiger charge is -1.96. The highest BCUT2D eigenvalue weighted by atomic mass is 16.4. The van der Waals surface area contributed by atoms with Crippen LogP contribution in [0.2, 0.25) is 0 Å². The molecule has 0 bridgehead atoms. The van der Waals surface area contributed by atoms with Gasteiger partial charge in [-0.15, -0.1) is 0 Å². The van der Waals surface area contributed by atoms with Crippen LogP contribution >= 0.6 is 0 Å². The van der Waals surface area contributed by atoms with E-state index in [-0.39, 0.29) is 18.0 Å². The topological polar surface area (TPSA) is 83.0 Å². The molecule has 0 aliphatic heterocycles. The summed E-state index contributed by atoms with van der Waals surface area (Å²) in [5.41, 5.74) is 2.52. The number of aromatic nitrogens is 2. The van der Waals surface area contributed by atoms with Crippen molar-refractivity contribution < 1.29 is 14.7 Å². The number of rotatable bonds is 4. The monoisotopic (exact) mass is 280 g/mol. The Balaban J connectivity index is 1.97. The van der Waals surface area contributed by atoms with Gasteiger partial charge in [0, 0.05) is 5.56 Å². The van der Waals surface area contributed by atoms with Gasteiger partial charge in [0.05, 0.1) is 17.5 Å². The van der Waals surface area contributed by atoms with Crippen molar-refractivity contribution in [2.75, 3.05) is 0 Å². The summed E-state index contributed by atoms with van der Waals surface area (Å²) in [6.45, 7) is 0. The van der Waals surface area contributed by atoms with Crippen LogP contribution < -0.4 is 0 Å². The number of benzene rings is 2. The molecular weight excluding hydrogens is 268 g/mol. The average molecular weight is 280 g/mol. The van der Waals surface area contributed by atoms with Crippen LogP contribution in [0.15, 0.2) is 48.5 Å². The van der Waals surface area contributed by atoms with Crippen LogP contribution in [-0.2, 0) is 11.2 Å². The third-order valence-electron chi connectivity index (χ3n) is 3.15. The highest BCUT2D eigenvalue weighted by Crippen LogP contribution is 2.16. The zero-order valence-electron chi connectivity index (χ0n) is 11.0. The van der Waals surface area contributed by atoms with Crippen LogP contribution in [0, 0.1) is 0 Å². The Bertz CT molecular complexity index is 822. The lowest BCUT2D eigenvalue weighted by atomic mass is 10.1. The number of ketones is 1. The molecule has 3 rings (SSSR count). The number of hydrogen-bond donors (Lipinski definition) is 2. The van der Waals surface area contributed by atoms with E-state index < -0.39 is 5.97 Å². The molecule has 5 heteroatoms. The van der Waals surface area contributed by atoms with Gasteiger partial charge in [-0.25, -0.2) is 4.98 Å². The zero-order chi connectivity index (χ0) is 14.8. The van der Waals surface area contributed by atoms with Crippen molar-refractivity contribution >= 4 is 22.8 Å². The van der Waals surface area contributed by atoms with Crippen molar-refractivity contribution in [1.29, 1.82) is 0 Å². The molecular formula is C16H12N2O3. The Morgan fingerprint density at radius 1 is 1.10 bits per heavy atom. The predicted octanol–water partition coefficient (Wildman–Crippen LogP) is 2.42. The molecule has 0 radical (unpaired) electrons. The Morgan fingerprint density at radius 3 is 2.57 bits per heavy atom. The van der Waals surface area contributed by atoms with Crippen LogP contribution in [0.25, 0.3) is 11.0 Å². The van der Waals surface area contributed by atoms with Crippen molar-refractivity contribution in [3.8, 4) is 0 Å². The molecule has 1 heterocycles. The Labute approximate surface area is 120 Å². The molecule has 0 unspecified atom stereocenters. The summed E-state index contributed by atoms with van der Waals surface area (Å²) in [7, 11) is 0. The van der Waals surface area contributed by atoms with Crippen molar-refractivity contribution in [3.05, 3.63) is 65.5 Å². The molecule has 5 nitrogen and oxygen atoms in total. The number of carboxylic acid groups (broad SMARTS) is 1. The second-order valence-corrected chi connectivity index (χ2v) is 4.70. The molecule has 0 fully saturated rings. The van der Waals surface area contributed by atoms with Crippen LogP contribution in [0.4, 0.5) is 0 Å². The van der Waals surface area contributed by atoms with Gasteiger partial charge in [-0.1, -0.05) is 36.4 Å². The fourth-order valence-corrected chi connectivity index (χ4v) is 2.18. The summed E-state index contributed by atoms with van der Waals surface area (Å²) < 4.78 is 0. The first-order valence-electron chi connectivity index (χ1n) is 6.43. The van der Waals surface area contributed by atoms with Crippen molar-refractivity contribution in [2.45, 2.75) is 6.42 Å². The smallest absolute Gasteiger partial charge is 0.307 e. The van der Waals surface area contributed by atoms with Crippen LogP contribution in [0.1, 0.15) is 21.7 Å².